The zero-order valence-corrected chi connectivity index (χ0v) is 13.0. The largest absolute Gasteiger partial charge is 0.360 e. The number of nitrogens with zero attached hydrogens (tertiary/aromatic N) is 3. The van der Waals surface area contributed by atoms with E-state index >= 15 is 0 Å². The Balaban J connectivity index is 1.49. The van der Waals surface area contributed by atoms with Gasteiger partial charge in [0.15, 0.2) is 5.76 Å². The Morgan fingerprint density at radius 1 is 1.29 bits per heavy atom. The molecule has 7 heteroatoms. The van der Waals surface area contributed by atoms with Crippen LogP contribution < -0.4 is 5.32 Å². The zero-order chi connectivity index (χ0) is 16.4. The van der Waals surface area contributed by atoms with Crippen molar-refractivity contribution < 1.29 is 9.32 Å². The van der Waals surface area contributed by atoms with Gasteiger partial charge in [0.1, 0.15) is 0 Å². The van der Waals surface area contributed by atoms with E-state index in [-0.39, 0.29) is 6.03 Å². The van der Waals surface area contributed by atoms with Crippen LogP contribution in [0.1, 0.15) is 17.0 Å². The minimum absolute atomic E-state index is 0.114. The third-order valence-corrected chi connectivity index (χ3v) is 4.17. The highest BCUT2D eigenvalue weighted by molar-refractivity contribution is 5.75. The molecule has 24 heavy (non-hydrogen) atoms. The monoisotopic (exact) mass is 323 g/mol. The Bertz CT molecular complexity index is 826. The normalized spacial score (nSPS) is 13.6. The lowest BCUT2D eigenvalue weighted by Crippen LogP contribution is -2.42. The molecule has 0 aliphatic carbocycles. The van der Waals surface area contributed by atoms with Crippen LogP contribution in [0.15, 0.2) is 47.1 Å². The van der Waals surface area contributed by atoms with Crippen molar-refractivity contribution in [1.29, 1.82) is 0 Å². The van der Waals surface area contributed by atoms with Crippen LogP contribution in [0.2, 0.25) is 0 Å². The molecule has 7 nitrogen and oxygen atoms in total. The fraction of sp³-hybridized carbons (Fsp3) is 0.235. The zero-order valence-electron chi connectivity index (χ0n) is 13.0. The van der Waals surface area contributed by atoms with E-state index in [1.54, 1.807) is 17.2 Å². The summed E-state index contributed by atoms with van der Waals surface area (Å²) in [5.74, 6) is 0.634. The van der Waals surface area contributed by atoms with Crippen molar-refractivity contribution in [2.24, 2.45) is 0 Å². The van der Waals surface area contributed by atoms with Gasteiger partial charge in [-0.3, -0.25) is 5.10 Å². The summed E-state index contributed by atoms with van der Waals surface area (Å²) < 4.78 is 4.99. The molecule has 2 N–H and O–H groups in total. The minimum Gasteiger partial charge on any atom is -0.360 e. The Kier molecular flexibility index (Phi) is 3.74. The van der Waals surface area contributed by atoms with E-state index in [0.29, 0.717) is 25.4 Å². The highest BCUT2D eigenvalue weighted by atomic mass is 16.5. The Hall–Kier alpha value is -3.09. The lowest BCUT2D eigenvalue weighted by atomic mass is 10.0. The molecule has 0 fully saturated rings. The van der Waals surface area contributed by atoms with E-state index < -0.39 is 0 Å². The molecule has 0 bridgehead atoms. The maximum atomic E-state index is 12.4. The van der Waals surface area contributed by atoms with Gasteiger partial charge in [0, 0.05) is 35.9 Å². The van der Waals surface area contributed by atoms with Gasteiger partial charge in [0.2, 0.25) is 0 Å². The van der Waals surface area contributed by atoms with Crippen molar-refractivity contribution in [2.45, 2.75) is 19.5 Å². The molecule has 0 spiro atoms. The second kappa shape index (κ2) is 6.19. The number of aromatic nitrogens is 3. The molecule has 2 amide bonds. The molecule has 0 saturated heterocycles. The number of H-pyrrole nitrogens is 1. The molecular formula is C17H17N5O2. The molecule has 3 aromatic rings. The second-order valence-corrected chi connectivity index (χ2v) is 5.70. The third-order valence-electron chi connectivity index (χ3n) is 4.17. The number of benzene rings is 1. The Morgan fingerprint density at radius 3 is 2.96 bits per heavy atom. The average molecular weight is 323 g/mol. The molecule has 1 aliphatic rings. The quantitative estimate of drug-likeness (QED) is 0.774. The van der Waals surface area contributed by atoms with E-state index in [2.05, 4.69) is 20.7 Å². The highest BCUT2D eigenvalue weighted by Gasteiger charge is 2.25. The van der Waals surface area contributed by atoms with Crippen LogP contribution in [-0.2, 0) is 19.5 Å². The lowest BCUT2D eigenvalue weighted by molar-refractivity contribution is 0.190. The Labute approximate surface area is 138 Å². The Morgan fingerprint density at radius 2 is 2.17 bits per heavy atom. The number of hydrogen-bond acceptors (Lipinski definition) is 4. The van der Waals surface area contributed by atoms with Crippen LogP contribution in [0.25, 0.3) is 11.3 Å². The number of fused-ring (bicyclic) bond motifs is 1. The number of carbonyl (C=O) groups excluding carboxylic acids is 1. The van der Waals surface area contributed by atoms with Crippen LogP contribution in [0, 0.1) is 0 Å². The van der Waals surface area contributed by atoms with Crippen LogP contribution in [0.3, 0.4) is 0 Å². The van der Waals surface area contributed by atoms with Crippen LogP contribution in [-0.4, -0.2) is 32.8 Å². The predicted octanol–water partition coefficient (Wildman–Crippen LogP) is 2.33. The van der Waals surface area contributed by atoms with Crippen LogP contribution >= 0.6 is 0 Å². The number of rotatable bonds is 3. The highest BCUT2D eigenvalue weighted by Crippen LogP contribution is 2.28. The first-order valence-corrected chi connectivity index (χ1v) is 7.85. The third kappa shape index (κ3) is 2.76. The number of hydrogen-bond donors (Lipinski definition) is 2. The summed E-state index contributed by atoms with van der Waals surface area (Å²) in [5, 5.41) is 14.0. The SMILES string of the molecule is O=C(NCc1ccno1)N1CCc2[nH]nc(-c3ccccc3)c2C1. The predicted molar refractivity (Wildman–Crippen MR) is 86.9 cm³/mol. The molecule has 0 atom stereocenters. The fourth-order valence-electron chi connectivity index (χ4n) is 2.91. The number of urea groups is 1. The van der Waals surface area contributed by atoms with Crippen LogP contribution in [0.4, 0.5) is 4.79 Å². The van der Waals surface area contributed by atoms with Crippen molar-refractivity contribution in [3.8, 4) is 11.3 Å². The molecule has 0 radical (unpaired) electrons. The van der Waals surface area contributed by atoms with Crippen molar-refractivity contribution in [2.75, 3.05) is 6.54 Å². The van der Waals surface area contributed by atoms with Gasteiger partial charge in [-0.25, -0.2) is 4.79 Å². The summed E-state index contributed by atoms with van der Waals surface area (Å²) in [6.07, 6.45) is 2.33. The van der Waals surface area contributed by atoms with Gasteiger partial charge in [-0.2, -0.15) is 5.10 Å². The second-order valence-electron chi connectivity index (χ2n) is 5.70. The summed E-state index contributed by atoms with van der Waals surface area (Å²) in [7, 11) is 0. The summed E-state index contributed by atoms with van der Waals surface area (Å²) >= 11 is 0. The van der Waals surface area contributed by atoms with Crippen molar-refractivity contribution in [3.05, 3.63) is 59.6 Å². The number of amides is 2. The fourth-order valence-corrected chi connectivity index (χ4v) is 2.91. The van der Waals surface area contributed by atoms with E-state index in [0.717, 1.165) is 28.9 Å². The molecule has 4 rings (SSSR count). The first kappa shape index (κ1) is 14.5. The first-order valence-electron chi connectivity index (χ1n) is 7.85. The molecule has 1 aromatic carbocycles. The summed E-state index contributed by atoms with van der Waals surface area (Å²) in [6.45, 7) is 1.53. The van der Waals surface area contributed by atoms with Crippen LogP contribution in [0.5, 0.6) is 0 Å². The summed E-state index contributed by atoms with van der Waals surface area (Å²) in [4.78, 5) is 14.2. The first-order chi connectivity index (χ1) is 11.8. The maximum Gasteiger partial charge on any atom is 0.318 e. The molecule has 1 aliphatic heterocycles. The van der Waals surface area contributed by atoms with E-state index in [9.17, 15) is 4.79 Å². The van der Waals surface area contributed by atoms with Gasteiger partial charge >= 0.3 is 6.03 Å². The molecule has 2 aromatic heterocycles. The summed E-state index contributed by atoms with van der Waals surface area (Å²) in [6, 6.07) is 11.6. The van der Waals surface area contributed by atoms with Gasteiger partial charge in [-0.05, 0) is 0 Å². The van der Waals surface area contributed by atoms with Crippen molar-refractivity contribution >= 4 is 6.03 Å². The number of carbonyl (C=O) groups is 1. The van der Waals surface area contributed by atoms with Gasteiger partial charge in [-0.15, -0.1) is 0 Å². The van der Waals surface area contributed by atoms with Gasteiger partial charge in [0.25, 0.3) is 0 Å². The van der Waals surface area contributed by atoms with Crippen molar-refractivity contribution in [1.82, 2.24) is 25.6 Å². The van der Waals surface area contributed by atoms with E-state index in [1.807, 2.05) is 30.3 Å². The number of nitrogens with one attached hydrogen (secondary N) is 2. The lowest BCUT2D eigenvalue weighted by Gasteiger charge is -2.27. The molecule has 122 valence electrons. The summed E-state index contributed by atoms with van der Waals surface area (Å²) in [5.41, 5.74) is 4.16. The molecular weight excluding hydrogens is 306 g/mol. The molecule has 3 heterocycles. The molecule has 0 unspecified atom stereocenters. The topological polar surface area (TPSA) is 87.0 Å². The van der Waals surface area contributed by atoms with Crippen molar-refractivity contribution in [3.63, 3.8) is 0 Å². The van der Waals surface area contributed by atoms with Gasteiger partial charge < -0.3 is 14.7 Å². The number of aromatic amines is 1. The van der Waals surface area contributed by atoms with Gasteiger partial charge in [-0.1, -0.05) is 35.5 Å². The average Bonchev–Trinajstić information content (AvgIpc) is 3.29. The smallest absolute Gasteiger partial charge is 0.318 e. The standard InChI is InChI=1S/C17H17N5O2/c23-17(18-10-13-6-8-19-24-13)22-9-7-15-14(11-22)16(21-20-15)12-4-2-1-3-5-12/h1-6,8H,7,9-11H2,(H,18,23)(H,20,21). The maximum absolute atomic E-state index is 12.4. The molecule has 0 saturated carbocycles. The van der Waals surface area contributed by atoms with E-state index in [4.69, 9.17) is 4.52 Å². The minimum atomic E-state index is -0.114. The van der Waals surface area contributed by atoms with E-state index in [1.165, 1.54) is 0 Å². The van der Waals surface area contributed by atoms with Gasteiger partial charge in [0.05, 0.1) is 25.0 Å².